The molecule has 0 radical (unpaired) electrons. The van der Waals surface area contributed by atoms with Gasteiger partial charge in [0.2, 0.25) is 23.7 Å². The fourth-order valence-corrected chi connectivity index (χ4v) is 5.39. The first-order valence-corrected chi connectivity index (χ1v) is 15.2. The SMILES string of the molecule is CN(CC(=O)N1[C@H](CO)[C@H](O)C(O)[C@H](O)[C@H]1CO)C(N)=NOC(=O)CC(O)C(=O)ON=C(N)N(C)CC(=O)N1[C@H](CO)[C@H](O)C(O)[C@H](O)[C@H]1CO. The number of nitrogens with two attached hydrogens (primary N) is 2. The maximum Gasteiger partial charge on any atom is 0.363 e. The first-order valence-electron chi connectivity index (χ1n) is 15.2. The van der Waals surface area contributed by atoms with Crippen LogP contribution < -0.4 is 11.5 Å². The fraction of sp³-hybridized carbons (Fsp3) is 0.769. The van der Waals surface area contributed by atoms with Crippen LogP contribution in [-0.4, -0.2) is 232 Å². The van der Waals surface area contributed by atoms with Gasteiger partial charge in [0, 0.05) is 14.1 Å². The molecule has 3 unspecified atom stereocenters. The van der Waals surface area contributed by atoms with E-state index in [9.17, 15) is 75.3 Å². The number of hydrogen-bond acceptors (Lipinski definition) is 19. The maximum atomic E-state index is 12.9. The number of aliphatic hydroxyl groups is 11. The van der Waals surface area contributed by atoms with Gasteiger partial charge in [-0.05, 0) is 10.3 Å². The van der Waals surface area contributed by atoms with E-state index in [0.29, 0.717) is 0 Å². The highest BCUT2D eigenvalue weighted by molar-refractivity contribution is 5.88. The lowest BCUT2D eigenvalue weighted by molar-refractivity contribution is -0.188. The molecule has 2 aliphatic heterocycles. The minimum Gasteiger partial charge on any atom is -0.394 e. The van der Waals surface area contributed by atoms with Crippen LogP contribution in [0.3, 0.4) is 0 Å². The minimum absolute atomic E-state index is 0.594. The molecule has 292 valence electrons. The summed E-state index contributed by atoms with van der Waals surface area (Å²) in [7, 11) is 2.40. The Morgan fingerprint density at radius 2 is 0.941 bits per heavy atom. The summed E-state index contributed by atoms with van der Waals surface area (Å²) in [6.07, 6.45) is -13.8. The van der Waals surface area contributed by atoms with Crippen LogP contribution in [0.25, 0.3) is 0 Å². The van der Waals surface area contributed by atoms with E-state index in [1.165, 1.54) is 14.1 Å². The van der Waals surface area contributed by atoms with Crippen molar-refractivity contribution in [1.82, 2.24) is 19.6 Å². The van der Waals surface area contributed by atoms with Gasteiger partial charge < -0.3 is 96.9 Å². The molecule has 2 amide bonds. The summed E-state index contributed by atoms with van der Waals surface area (Å²) in [4.78, 5) is 62.6. The lowest BCUT2D eigenvalue weighted by atomic mass is 9.88. The second kappa shape index (κ2) is 19.0. The van der Waals surface area contributed by atoms with Crippen molar-refractivity contribution in [2.75, 3.05) is 53.6 Å². The zero-order chi connectivity index (χ0) is 38.9. The average Bonchev–Trinajstić information content (AvgIpc) is 3.09. The second-order valence-corrected chi connectivity index (χ2v) is 11.7. The Bertz CT molecular complexity index is 1240. The number of piperidine rings is 2. The predicted octanol–water partition coefficient (Wildman–Crippen LogP) is -10.6. The summed E-state index contributed by atoms with van der Waals surface area (Å²) in [5.41, 5.74) is 11.4. The van der Waals surface area contributed by atoms with Crippen LogP contribution in [0.2, 0.25) is 0 Å². The smallest absolute Gasteiger partial charge is 0.363 e. The molecule has 15 N–H and O–H groups in total. The molecule has 25 nitrogen and oxygen atoms in total. The topological polar surface area (TPSA) is 399 Å². The van der Waals surface area contributed by atoms with E-state index in [1.54, 1.807) is 0 Å². The van der Waals surface area contributed by atoms with Crippen molar-refractivity contribution in [3.8, 4) is 0 Å². The van der Waals surface area contributed by atoms with E-state index in [1.807, 2.05) is 0 Å². The Morgan fingerprint density at radius 1 is 0.627 bits per heavy atom. The third kappa shape index (κ3) is 10.1. The summed E-state index contributed by atoms with van der Waals surface area (Å²) >= 11 is 0. The molecule has 0 bridgehead atoms. The van der Waals surface area contributed by atoms with E-state index < -0.39 is 149 Å². The van der Waals surface area contributed by atoms with Crippen LogP contribution in [0, 0.1) is 0 Å². The molecule has 0 saturated carbocycles. The van der Waals surface area contributed by atoms with Crippen molar-refractivity contribution in [3.63, 3.8) is 0 Å². The van der Waals surface area contributed by atoms with Gasteiger partial charge in [0.1, 0.15) is 36.6 Å². The van der Waals surface area contributed by atoms with E-state index in [2.05, 4.69) is 20.0 Å². The zero-order valence-corrected chi connectivity index (χ0v) is 27.5. The van der Waals surface area contributed by atoms with Gasteiger partial charge in [-0.2, -0.15) is 0 Å². The number of rotatable bonds is 13. The molecule has 0 aromatic carbocycles. The quantitative estimate of drug-likeness (QED) is 0.0360. The van der Waals surface area contributed by atoms with Crippen LogP contribution in [-0.2, 0) is 28.9 Å². The fourth-order valence-electron chi connectivity index (χ4n) is 5.39. The Labute approximate surface area is 289 Å². The Kier molecular flexibility index (Phi) is 16.1. The number of carbonyl (C=O) groups excluding carboxylic acids is 4. The molecule has 2 fully saturated rings. The van der Waals surface area contributed by atoms with Crippen LogP contribution in [0.5, 0.6) is 0 Å². The molecule has 2 saturated heterocycles. The number of amides is 2. The number of hydrogen-bond donors (Lipinski definition) is 13. The molecular weight excluding hydrogens is 696 g/mol. The molecule has 51 heavy (non-hydrogen) atoms. The highest BCUT2D eigenvalue weighted by atomic mass is 16.7. The summed E-state index contributed by atoms with van der Waals surface area (Å²) in [6, 6.07) is -5.62. The first-order chi connectivity index (χ1) is 23.9. The van der Waals surface area contributed by atoms with Crippen molar-refractivity contribution < 1.29 is 85.0 Å². The van der Waals surface area contributed by atoms with Crippen LogP contribution in [0.15, 0.2) is 10.3 Å². The largest absolute Gasteiger partial charge is 0.394 e. The van der Waals surface area contributed by atoms with Gasteiger partial charge in [-0.1, -0.05) is 0 Å². The van der Waals surface area contributed by atoms with Gasteiger partial charge >= 0.3 is 11.9 Å². The maximum absolute atomic E-state index is 12.9. The first kappa shape index (κ1) is 43.1. The van der Waals surface area contributed by atoms with Crippen molar-refractivity contribution in [3.05, 3.63) is 0 Å². The number of nitrogens with zero attached hydrogens (tertiary/aromatic N) is 6. The molecule has 25 heteroatoms. The number of oxime groups is 2. The summed E-state index contributed by atoms with van der Waals surface area (Å²) in [6.45, 7) is -4.67. The van der Waals surface area contributed by atoms with E-state index >= 15 is 0 Å². The Hall–Kier alpha value is -4.02. The third-order valence-corrected chi connectivity index (χ3v) is 8.36. The lowest BCUT2D eigenvalue weighted by Crippen LogP contribution is -2.70. The van der Waals surface area contributed by atoms with E-state index in [0.717, 1.165) is 19.6 Å². The minimum atomic E-state index is -2.19. The monoisotopic (exact) mass is 742 g/mol. The molecule has 0 aromatic rings. The number of aliphatic hydroxyl groups excluding tert-OH is 11. The highest BCUT2D eigenvalue weighted by Crippen LogP contribution is 2.26. The van der Waals surface area contributed by atoms with Gasteiger partial charge in [0.15, 0.2) is 6.10 Å². The van der Waals surface area contributed by atoms with Crippen LogP contribution in [0.1, 0.15) is 6.42 Å². The van der Waals surface area contributed by atoms with Crippen molar-refractivity contribution in [2.24, 2.45) is 21.8 Å². The average molecular weight is 743 g/mol. The molecule has 2 rings (SSSR count). The van der Waals surface area contributed by atoms with Gasteiger partial charge in [0.25, 0.3) is 0 Å². The van der Waals surface area contributed by atoms with Crippen molar-refractivity contribution >= 4 is 35.7 Å². The van der Waals surface area contributed by atoms with Gasteiger partial charge in [-0.3, -0.25) is 9.59 Å². The van der Waals surface area contributed by atoms with Crippen molar-refractivity contribution in [2.45, 2.75) is 73.3 Å². The van der Waals surface area contributed by atoms with Crippen LogP contribution in [0.4, 0.5) is 0 Å². The molecule has 2 heterocycles. The predicted molar refractivity (Wildman–Crippen MR) is 165 cm³/mol. The molecule has 0 aliphatic carbocycles. The summed E-state index contributed by atoms with van der Waals surface area (Å²) in [5.74, 6) is -5.86. The molecule has 0 aromatic heterocycles. The lowest BCUT2D eigenvalue weighted by Gasteiger charge is -2.48. The number of guanidine groups is 2. The summed E-state index contributed by atoms with van der Waals surface area (Å²) in [5, 5.41) is 116. The molecular formula is C26H46N8O17. The van der Waals surface area contributed by atoms with E-state index in [-0.39, 0.29) is 0 Å². The second-order valence-electron chi connectivity index (χ2n) is 11.7. The summed E-state index contributed by atoms with van der Waals surface area (Å²) < 4.78 is 0. The Morgan fingerprint density at radius 3 is 1.25 bits per heavy atom. The standard InChI is InChI=1S/C26H46N8O17/c1-31(4-15(40)33-10(6-35)18(43)22(47)19(44)11(33)7-36)25(27)29-50-17(42)3-14(39)24(49)51-30-26(28)32(2)5-16(41)34-12(8-37)20(45)23(48)21(46)13(34)9-38/h10-14,18-23,35-39,43-48H,3-9H2,1-2H3,(H2,27,29)(H2,28,30)/t10-,11-,12-,13-,14?,18-,19+,20-,21+,22?,23?/m1/s1. The third-order valence-electron chi connectivity index (χ3n) is 8.36. The van der Waals surface area contributed by atoms with Gasteiger partial charge in [-0.15, -0.1) is 0 Å². The Balaban J connectivity index is 1.93. The number of likely N-dealkylation sites (N-methyl/N-ethyl adjacent to an activating group) is 2. The van der Waals surface area contributed by atoms with Crippen LogP contribution >= 0.6 is 0 Å². The van der Waals surface area contributed by atoms with Gasteiger partial charge in [-0.25, -0.2) is 9.59 Å². The number of likely N-dealkylation sites (tertiary alicyclic amines) is 2. The van der Waals surface area contributed by atoms with Crippen molar-refractivity contribution in [1.29, 1.82) is 0 Å². The zero-order valence-electron chi connectivity index (χ0n) is 27.5. The highest BCUT2D eigenvalue weighted by Gasteiger charge is 2.50. The number of carbonyl (C=O) groups is 4. The molecule has 11 atom stereocenters. The normalized spacial score (nSPS) is 30.8. The molecule has 2 aliphatic rings. The molecule has 0 spiro atoms. The van der Waals surface area contributed by atoms with E-state index in [4.69, 9.17) is 11.5 Å². The van der Waals surface area contributed by atoms with Gasteiger partial charge in [0.05, 0.1) is 70.1 Å².